The monoisotopic (exact) mass is 437 g/mol. The normalized spacial score (nSPS) is 12.2. The number of hydrogen-bond donors (Lipinski definition) is 1. The minimum absolute atomic E-state index is 0.000724. The molecule has 0 saturated heterocycles. The fourth-order valence-electron chi connectivity index (χ4n) is 3.77. The molecule has 1 N–H and O–H groups in total. The van der Waals surface area contributed by atoms with Gasteiger partial charge in [0.2, 0.25) is 5.91 Å². The number of fused-ring (bicyclic) bond motifs is 1. The van der Waals surface area contributed by atoms with Gasteiger partial charge >= 0.3 is 0 Å². The molecule has 7 heteroatoms. The van der Waals surface area contributed by atoms with E-state index in [1.165, 1.54) is 6.20 Å². The van der Waals surface area contributed by atoms with Crippen molar-refractivity contribution < 1.29 is 4.79 Å². The number of carbonyl (C=O) groups excluding carboxylic acids is 1. The maximum absolute atomic E-state index is 12.8. The van der Waals surface area contributed by atoms with Crippen molar-refractivity contribution in [3.05, 3.63) is 63.6 Å². The van der Waals surface area contributed by atoms with Gasteiger partial charge in [0.15, 0.2) is 5.65 Å². The Morgan fingerprint density at radius 2 is 1.94 bits per heavy atom. The van der Waals surface area contributed by atoms with E-state index in [1.54, 1.807) is 4.52 Å². The predicted molar refractivity (Wildman–Crippen MR) is 122 cm³/mol. The van der Waals surface area contributed by atoms with Crippen LogP contribution in [0.25, 0.3) is 5.65 Å². The Labute approximate surface area is 188 Å². The highest BCUT2D eigenvalue weighted by molar-refractivity contribution is 6.30. The third kappa shape index (κ3) is 5.42. The Kier molecular flexibility index (Phi) is 7.29. The fourth-order valence-corrected chi connectivity index (χ4v) is 3.90. The van der Waals surface area contributed by atoms with Gasteiger partial charge in [0.25, 0.3) is 0 Å². The Hall–Kier alpha value is -2.91. The highest BCUT2D eigenvalue weighted by atomic mass is 35.5. The summed E-state index contributed by atoms with van der Waals surface area (Å²) < 4.78 is 1.68. The lowest BCUT2D eigenvalue weighted by molar-refractivity contribution is -0.121. The van der Waals surface area contributed by atoms with E-state index < -0.39 is 0 Å². The number of nitrogens with zero attached hydrogens (tertiary/aromatic N) is 4. The molecule has 0 aliphatic heterocycles. The third-order valence-corrected chi connectivity index (χ3v) is 5.82. The summed E-state index contributed by atoms with van der Waals surface area (Å²) in [5.74, 6) is 0.558. The van der Waals surface area contributed by atoms with Crippen molar-refractivity contribution in [1.82, 2.24) is 19.9 Å². The van der Waals surface area contributed by atoms with E-state index in [-0.39, 0.29) is 11.9 Å². The van der Waals surface area contributed by atoms with E-state index in [0.717, 1.165) is 35.4 Å². The maximum Gasteiger partial charge on any atom is 0.220 e. The molecule has 3 aromatic rings. The molecule has 31 heavy (non-hydrogen) atoms. The average Bonchev–Trinajstić information content (AvgIpc) is 3.14. The number of aryl methyl sites for hydroxylation is 2. The van der Waals surface area contributed by atoms with E-state index in [2.05, 4.69) is 35.3 Å². The molecule has 0 fully saturated rings. The quantitative estimate of drug-likeness (QED) is 0.531. The Morgan fingerprint density at radius 1 is 1.23 bits per heavy atom. The molecule has 6 nitrogen and oxygen atoms in total. The highest BCUT2D eigenvalue weighted by Gasteiger charge is 2.18. The molecule has 0 spiro atoms. The van der Waals surface area contributed by atoms with Crippen LogP contribution in [0.2, 0.25) is 5.02 Å². The lowest BCUT2D eigenvalue weighted by Crippen LogP contribution is -2.29. The zero-order valence-corrected chi connectivity index (χ0v) is 19.2. The van der Waals surface area contributed by atoms with Crippen molar-refractivity contribution in [3.63, 3.8) is 0 Å². The third-order valence-electron chi connectivity index (χ3n) is 5.57. The number of nitriles is 1. The molecule has 0 saturated carbocycles. The number of nitrogens with one attached hydrogen (secondary N) is 1. The van der Waals surface area contributed by atoms with Gasteiger partial charge in [-0.05, 0) is 62.3 Å². The van der Waals surface area contributed by atoms with Crippen molar-refractivity contribution >= 4 is 23.2 Å². The number of aromatic nitrogens is 3. The van der Waals surface area contributed by atoms with Gasteiger partial charge in [-0.15, -0.1) is 0 Å². The molecular weight excluding hydrogens is 410 g/mol. The number of amides is 1. The second kappa shape index (κ2) is 9.93. The highest BCUT2D eigenvalue weighted by Crippen LogP contribution is 2.24. The SMILES string of the molecule is Cc1nc2c(C#N)cnn2c(C)c1CCC(=O)NC(CCC(C)C)c1ccc(Cl)cc1. The van der Waals surface area contributed by atoms with Crippen LogP contribution < -0.4 is 5.32 Å². The summed E-state index contributed by atoms with van der Waals surface area (Å²) in [6, 6.07) is 9.75. The second-order valence-corrected chi connectivity index (χ2v) is 8.75. The van der Waals surface area contributed by atoms with Gasteiger partial charge in [0.05, 0.1) is 12.2 Å². The van der Waals surface area contributed by atoms with Crippen LogP contribution in [0.5, 0.6) is 0 Å². The van der Waals surface area contributed by atoms with Crippen LogP contribution in [0.4, 0.5) is 0 Å². The first-order valence-corrected chi connectivity index (χ1v) is 11.0. The standard InChI is InChI=1S/C24H28ClN5O/c1-15(2)5-11-22(18-6-8-20(25)9-7-18)29-23(31)12-10-21-16(3)28-24-19(13-26)14-27-30(24)17(21)4/h6-9,14-15,22H,5,10-12H2,1-4H3,(H,29,31). The van der Waals surface area contributed by atoms with Gasteiger partial charge in [0.1, 0.15) is 11.6 Å². The van der Waals surface area contributed by atoms with E-state index in [0.29, 0.717) is 35.0 Å². The predicted octanol–water partition coefficient (Wildman–Crippen LogP) is 5.10. The first-order chi connectivity index (χ1) is 14.8. The van der Waals surface area contributed by atoms with Crippen LogP contribution in [-0.4, -0.2) is 20.5 Å². The van der Waals surface area contributed by atoms with Gasteiger partial charge in [-0.25, -0.2) is 9.50 Å². The van der Waals surface area contributed by atoms with Crippen molar-refractivity contribution in [2.45, 2.75) is 59.4 Å². The minimum Gasteiger partial charge on any atom is -0.349 e. The number of carbonyl (C=O) groups is 1. The molecule has 2 heterocycles. The molecule has 0 aliphatic rings. The molecule has 0 aliphatic carbocycles. The second-order valence-electron chi connectivity index (χ2n) is 8.31. The van der Waals surface area contributed by atoms with E-state index in [9.17, 15) is 10.1 Å². The maximum atomic E-state index is 12.8. The minimum atomic E-state index is -0.0423. The van der Waals surface area contributed by atoms with Gasteiger partial charge in [-0.2, -0.15) is 10.4 Å². The number of halogens is 1. The van der Waals surface area contributed by atoms with Crippen LogP contribution in [0.1, 0.15) is 67.2 Å². The molecule has 1 atom stereocenters. The lowest BCUT2D eigenvalue weighted by Gasteiger charge is -2.21. The molecular formula is C24H28ClN5O. The van der Waals surface area contributed by atoms with Crippen LogP contribution in [0, 0.1) is 31.1 Å². The zero-order valence-electron chi connectivity index (χ0n) is 18.4. The summed E-state index contributed by atoms with van der Waals surface area (Å²) in [7, 11) is 0. The molecule has 3 rings (SSSR count). The topological polar surface area (TPSA) is 83.1 Å². The van der Waals surface area contributed by atoms with Crippen molar-refractivity contribution in [3.8, 4) is 6.07 Å². The average molecular weight is 438 g/mol. The van der Waals surface area contributed by atoms with Crippen LogP contribution in [-0.2, 0) is 11.2 Å². The molecule has 162 valence electrons. The largest absolute Gasteiger partial charge is 0.349 e. The zero-order chi connectivity index (χ0) is 22.5. The molecule has 2 aromatic heterocycles. The smallest absolute Gasteiger partial charge is 0.220 e. The fraction of sp³-hybridized carbons (Fsp3) is 0.417. The van der Waals surface area contributed by atoms with Gasteiger partial charge < -0.3 is 5.32 Å². The Balaban J connectivity index is 1.72. The summed E-state index contributed by atoms with van der Waals surface area (Å²) in [6.07, 6.45) is 4.34. The molecule has 0 radical (unpaired) electrons. The van der Waals surface area contributed by atoms with E-state index in [4.69, 9.17) is 11.6 Å². The van der Waals surface area contributed by atoms with Crippen LogP contribution in [0.15, 0.2) is 30.5 Å². The first kappa shape index (κ1) is 22.8. The Bertz CT molecular complexity index is 1110. The molecule has 1 amide bonds. The van der Waals surface area contributed by atoms with Crippen molar-refractivity contribution in [1.29, 1.82) is 5.26 Å². The van der Waals surface area contributed by atoms with Gasteiger partial charge in [-0.3, -0.25) is 4.79 Å². The molecule has 1 unspecified atom stereocenters. The number of benzene rings is 1. The molecule has 1 aromatic carbocycles. The number of hydrogen-bond acceptors (Lipinski definition) is 4. The summed E-state index contributed by atoms with van der Waals surface area (Å²) in [4.78, 5) is 17.4. The Morgan fingerprint density at radius 3 is 2.58 bits per heavy atom. The van der Waals surface area contributed by atoms with Crippen molar-refractivity contribution in [2.75, 3.05) is 0 Å². The van der Waals surface area contributed by atoms with Gasteiger partial charge in [0, 0.05) is 22.8 Å². The summed E-state index contributed by atoms with van der Waals surface area (Å²) in [5.41, 5.74) is 4.79. The summed E-state index contributed by atoms with van der Waals surface area (Å²) >= 11 is 6.03. The summed E-state index contributed by atoms with van der Waals surface area (Å²) in [5, 5.41) is 17.4. The van der Waals surface area contributed by atoms with E-state index in [1.807, 2.05) is 38.1 Å². The summed E-state index contributed by atoms with van der Waals surface area (Å²) in [6.45, 7) is 8.22. The first-order valence-electron chi connectivity index (χ1n) is 10.6. The van der Waals surface area contributed by atoms with Crippen LogP contribution >= 0.6 is 11.6 Å². The molecule has 0 bridgehead atoms. The van der Waals surface area contributed by atoms with E-state index >= 15 is 0 Å². The number of rotatable bonds is 8. The van der Waals surface area contributed by atoms with Crippen LogP contribution in [0.3, 0.4) is 0 Å². The van der Waals surface area contributed by atoms with Gasteiger partial charge in [-0.1, -0.05) is 37.6 Å². The lowest BCUT2D eigenvalue weighted by atomic mass is 9.97. The van der Waals surface area contributed by atoms with Crippen molar-refractivity contribution in [2.24, 2.45) is 5.92 Å².